The van der Waals surface area contributed by atoms with Gasteiger partial charge in [0.05, 0.1) is 5.04 Å². The van der Waals surface area contributed by atoms with Crippen LogP contribution in [-0.4, -0.2) is 11.3 Å². The smallest absolute Gasteiger partial charge is 0.0672 e. The van der Waals surface area contributed by atoms with Crippen molar-refractivity contribution >= 4 is 16.8 Å². The van der Waals surface area contributed by atoms with Gasteiger partial charge in [0.25, 0.3) is 0 Å². The van der Waals surface area contributed by atoms with E-state index in [1.807, 2.05) is 13.2 Å². The van der Waals surface area contributed by atoms with E-state index >= 15 is 0 Å². The lowest BCUT2D eigenvalue weighted by atomic mass is 9.91. The summed E-state index contributed by atoms with van der Waals surface area (Å²) in [7, 11) is 0. The zero-order chi connectivity index (χ0) is 9.02. The number of thioether (sulfide) groups is 1. The normalized spacial score (nSPS) is 15.6. The Morgan fingerprint density at radius 2 is 1.82 bits per heavy atom. The topological polar surface area (TPSA) is 23.9 Å². The highest BCUT2D eigenvalue weighted by Crippen LogP contribution is 2.22. The molecule has 1 N–H and O–H groups in total. The van der Waals surface area contributed by atoms with Crippen LogP contribution in [0.4, 0.5) is 0 Å². The second-order valence-electron chi connectivity index (χ2n) is 2.99. The van der Waals surface area contributed by atoms with E-state index < -0.39 is 0 Å². The maximum atomic E-state index is 7.59. The third kappa shape index (κ3) is 3.10. The van der Waals surface area contributed by atoms with E-state index in [1.165, 1.54) is 11.8 Å². The van der Waals surface area contributed by atoms with Gasteiger partial charge in [0.15, 0.2) is 0 Å². The summed E-state index contributed by atoms with van der Waals surface area (Å²) in [6, 6.07) is 0. The minimum Gasteiger partial charge on any atom is -0.298 e. The molecule has 0 spiro atoms. The SMILES string of the molecule is C=C(C)[C@@H](C)C(C)C(=N)SC. The fourth-order valence-electron chi connectivity index (χ4n) is 0.840. The average molecular weight is 171 g/mol. The molecule has 0 heterocycles. The van der Waals surface area contributed by atoms with Crippen LogP contribution < -0.4 is 0 Å². The molecular weight excluding hydrogens is 154 g/mol. The molecule has 0 aliphatic carbocycles. The Morgan fingerprint density at radius 1 is 1.36 bits per heavy atom. The van der Waals surface area contributed by atoms with Gasteiger partial charge in [-0.1, -0.05) is 26.0 Å². The summed E-state index contributed by atoms with van der Waals surface area (Å²) in [5, 5.41) is 8.34. The van der Waals surface area contributed by atoms with Gasteiger partial charge >= 0.3 is 0 Å². The summed E-state index contributed by atoms with van der Waals surface area (Å²) in [5.74, 6) is 0.748. The van der Waals surface area contributed by atoms with Gasteiger partial charge in [0.2, 0.25) is 0 Å². The van der Waals surface area contributed by atoms with Crippen molar-refractivity contribution in [1.29, 1.82) is 5.41 Å². The Kier molecular flexibility index (Phi) is 4.50. The lowest BCUT2D eigenvalue weighted by Crippen LogP contribution is -2.15. The molecule has 0 amide bonds. The average Bonchev–Trinajstić information content (AvgIpc) is 2.00. The Morgan fingerprint density at radius 3 is 2.09 bits per heavy atom. The molecule has 0 aliphatic rings. The fraction of sp³-hybridized carbons (Fsp3) is 0.667. The van der Waals surface area contributed by atoms with Crippen molar-refractivity contribution in [2.45, 2.75) is 20.8 Å². The van der Waals surface area contributed by atoms with Crippen molar-refractivity contribution in [3.05, 3.63) is 12.2 Å². The van der Waals surface area contributed by atoms with E-state index in [1.54, 1.807) is 0 Å². The first-order valence-electron chi connectivity index (χ1n) is 3.78. The molecule has 2 heteroatoms. The lowest BCUT2D eigenvalue weighted by molar-refractivity contribution is 0.564. The number of rotatable bonds is 3. The van der Waals surface area contributed by atoms with E-state index in [4.69, 9.17) is 5.41 Å². The van der Waals surface area contributed by atoms with E-state index in [2.05, 4.69) is 20.4 Å². The molecule has 64 valence electrons. The van der Waals surface area contributed by atoms with E-state index in [9.17, 15) is 0 Å². The zero-order valence-electron chi connectivity index (χ0n) is 7.77. The number of allylic oxidation sites excluding steroid dienone is 1. The molecule has 0 radical (unpaired) electrons. The van der Waals surface area contributed by atoms with Crippen LogP contribution in [0.1, 0.15) is 20.8 Å². The molecule has 0 aliphatic heterocycles. The molecule has 0 aromatic carbocycles. The summed E-state index contributed by atoms with van der Waals surface area (Å²) in [6.07, 6.45) is 1.95. The molecule has 0 bridgehead atoms. The largest absolute Gasteiger partial charge is 0.298 e. The van der Waals surface area contributed by atoms with E-state index in [0.717, 1.165) is 10.6 Å². The van der Waals surface area contributed by atoms with E-state index in [-0.39, 0.29) is 0 Å². The van der Waals surface area contributed by atoms with Gasteiger partial charge in [-0.3, -0.25) is 5.41 Å². The van der Waals surface area contributed by atoms with Crippen LogP contribution in [0, 0.1) is 17.2 Å². The van der Waals surface area contributed by atoms with E-state index in [0.29, 0.717) is 11.8 Å². The first kappa shape index (κ1) is 10.8. The molecule has 0 aromatic heterocycles. The molecule has 1 nitrogen and oxygen atoms in total. The van der Waals surface area contributed by atoms with Crippen molar-refractivity contribution in [2.75, 3.05) is 6.26 Å². The van der Waals surface area contributed by atoms with Crippen LogP contribution in [0.15, 0.2) is 12.2 Å². The van der Waals surface area contributed by atoms with Crippen molar-refractivity contribution < 1.29 is 0 Å². The van der Waals surface area contributed by atoms with Gasteiger partial charge in [0, 0.05) is 5.92 Å². The van der Waals surface area contributed by atoms with Gasteiger partial charge in [-0.2, -0.15) is 0 Å². The highest BCUT2D eigenvalue weighted by atomic mass is 32.2. The number of hydrogen-bond acceptors (Lipinski definition) is 2. The predicted molar refractivity (Wildman–Crippen MR) is 54.4 cm³/mol. The molecular formula is C9H17NS. The van der Waals surface area contributed by atoms with Gasteiger partial charge in [-0.05, 0) is 19.1 Å². The predicted octanol–water partition coefficient (Wildman–Crippen LogP) is 3.17. The Balaban J connectivity index is 4.12. The maximum absolute atomic E-state index is 7.59. The van der Waals surface area contributed by atoms with Gasteiger partial charge in [-0.15, -0.1) is 11.8 Å². The van der Waals surface area contributed by atoms with Gasteiger partial charge in [-0.25, -0.2) is 0 Å². The standard InChI is InChI=1S/C9H17NS/c1-6(2)7(3)8(4)9(10)11-5/h7-8,10H,1H2,2-5H3/t7-,8?/m1/s1. The summed E-state index contributed by atoms with van der Waals surface area (Å²) in [6.45, 7) is 10.1. The van der Waals surface area contributed by atoms with Crippen LogP contribution in [0.2, 0.25) is 0 Å². The molecule has 11 heavy (non-hydrogen) atoms. The molecule has 0 saturated carbocycles. The van der Waals surface area contributed by atoms with Crippen LogP contribution in [0.5, 0.6) is 0 Å². The maximum Gasteiger partial charge on any atom is 0.0672 e. The first-order chi connectivity index (χ1) is 5.00. The minimum absolute atomic E-state index is 0.322. The van der Waals surface area contributed by atoms with Crippen LogP contribution in [0.3, 0.4) is 0 Å². The van der Waals surface area contributed by atoms with Crippen molar-refractivity contribution in [2.24, 2.45) is 11.8 Å². The second-order valence-corrected chi connectivity index (χ2v) is 3.84. The van der Waals surface area contributed by atoms with Crippen LogP contribution >= 0.6 is 11.8 Å². The summed E-state index contributed by atoms with van der Waals surface area (Å²) in [5.41, 5.74) is 1.16. The molecule has 0 aromatic rings. The lowest BCUT2D eigenvalue weighted by Gasteiger charge is -2.19. The zero-order valence-corrected chi connectivity index (χ0v) is 8.59. The fourth-order valence-corrected chi connectivity index (χ4v) is 1.42. The summed E-state index contributed by atoms with van der Waals surface area (Å²) >= 11 is 1.52. The Hall–Kier alpha value is -0.240. The van der Waals surface area contributed by atoms with Crippen molar-refractivity contribution in [1.82, 2.24) is 0 Å². The molecule has 2 atom stereocenters. The molecule has 0 fully saturated rings. The Labute approximate surface area is 73.8 Å². The van der Waals surface area contributed by atoms with Gasteiger partial charge in [0.1, 0.15) is 0 Å². The minimum atomic E-state index is 0.322. The molecule has 0 saturated heterocycles. The van der Waals surface area contributed by atoms with Crippen LogP contribution in [-0.2, 0) is 0 Å². The number of hydrogen-bond donors (Lipinski definition) is 1. The van der Waals surface area contributed by atoms with Crippen LogP contribution in [0.25, 0.3) is 0 Å². The quantitative estimate of drug-likeness (QED) is 0.393. The molecule has 0 rings (SSSR count). The summed E-state index contributed by atoms with van der Waals surface area (Å²) in [4.78, 5) is 0. The highest BCUT2D eigenvalue weighted by Gasteiger charge is 2.16. The second kappa shape index (κ2) is 4.60. The monoisotopic (exact) mass is 171 g/mol. The molecule has 1 unspecified atom stereocenters. The summed E-state index contributed by atoms with van der Waals surface area (Å²) < 4.78 is 0. The highest BCUT2D eigenvalue weighted by molar-refractivity contribution is 8.13. The first-order valence-corrected chi connectivity index (χ1v) is 5.01. The third-order valence-electron chi connectivity index (χ3n) is 2.16. The third-order valence-corrected chi connectivity index (χ3v) is 2.97. The van der Waals surface area contributed by atoms with Crippen molar-refractivity contribution in [3.63, 3.8) is 0 Å². The Bertz CT molecular complexity index is 163. The number of nitrogens with one attached hydrogen (secondary N) is 1. The van der Waals surface area contributed by atoms with Crippen molar-refractivity contribution in [3.8, 4) is 0 Å². The van der Waals surface area contributed by atoms with Gasteiger partial charge < -0.3 is 0 Å².